The largest absolute Gasteiger partial charge is 0.384 e. The number of aryl methyl sites for hydroxylation is 1. The first-order valence-electron chi connectivity index (χ1n) is 4.77. The Morgan fingerprint density at radius 2 is 2.12 bits per heavy atom. The minimum atomic E-state index is -0.610. The summed E-state index contributed by atoms with van der Waals surface area (Å²) in [5, 5.41) is 10.9. The molecule has 0 amide bonds. The summed E-state index contributed by atoms with van der Waals surface area (Å²) in [5.41, 5.74) is 1.75. The molecule has 2 aromatic rings. The van der Waals surface area contributed by atoms with Crippen LogP contribution in [0.1, 0.15) is 22.1 Å². The molecule has 0 saturated carbocycles. The maximum atomic E-state index is 10.2. The number of thiophene rings is 1. The standard InChI is InChI=1S/C12H10BrClOS/c1-7-10(6-11(13)16-7)12(15)8-3-2-4-9(14)5-8/h2-6,12,15H,1H3. The van der Waals surface area contributed by atoms with Crippen LogP contribution in [0, 0.1) is 6.92 Å². The normalized spacial score (nSPS) is 12.8. The van der Waals surface area contributed by atoms with Gasteiger partial charge in [-0.05, 0) is 52.2 Å². The molecule has 1 nitrogen and oxygen atoms in total. The van der Waals surface area contributed by atoms with Crippen molar-refractivity contribution >= 4 is 38.9 Å². The second-order valence-corrected chi connectivity index (χ2v) is 6.59. The maximum Gasteiger partial charge on any atom is 0.105 e. The Bertz CT molecular complexity index is 509. The van der Waals surface area contributed by atoms with Crippen LogP contribution in [-0.4, -0.2) is 5.11 Å². The zero-order chi connectivity index (χ0) is 11.7. The molecule has 0 aliphatic carbocycles. The van der Waals surface area contributed by atoms with Crippen molar-refractivity contribution in [2.24, 2.45) is 0 Å². The lowest BCUT2D eigenvalue weighted by Gasteiger charge is -2.10. The number of hydrogen-bond donors (Lipinski definition) is 1. The Hall–Kier alpha value is -0.350. The highest BCUT2D eigenvalue weighted by molar-refractivity contribution is 9.11. The van der Waals surface area contributed by atoms with Gasteiger partial charge in [0.15, 0.2) is 0 Å². The fraction of sp³-hybridized carbons (Fsp3) is 0.167. The summed E-state index contributed by atoms with van der Waals surface area (Å²) >= 11 is 10.9. The van der Waals surface area contributed by atoms with E-state index in [9.17, 15) is 5.11 Å². The van der Waals surface area contributed by atoms with E-state index >= 15 is 0 Å². The van der Waals surface area contributed by atoms with Gasteiger partial charge in [-0.2, -0.15) is 0 Å². The van der Waals surface area contributed by atoms with E-state index in [1.807, 2.05) is 25.1 Å². The van der Waals surface area contributed by atoms with Gasteiger partial charge in [0, 0.05) is 9.90 Å². The van der Waals surface area contributed by atoms with E-state index < -0.39 is 6.10 Å². The fourth-order valence-corrected chi connectivity index (χ4v) is 3.53. The predicted octanol–water partition coefficient (Wildman–Crippen LogP) is 4.55. The van der Waals surface area contributed by atoms with Gasteiger partial charge < -0.3 is 5.11 Å². The highest BCUT2D eigenvalue weighted by atomic mass is 79.9. The third-order valence-electron chi connectivity index (χ3n) is 2.39. The second-order valence-electron chi connectivity index (χ2n) is 3.52. The third-order valence-corrected chi connectivity index (χ3v) is 4.19. The van der Waals surface area contributed by atoms with Crippen molar-refractivity contribution in [2.45, 2.75) is 13.0 Å². The van der Waals surface area contributed by atoms with Crippen molar-refractivity contribution in [3.63, 3.8) is 0 Å². The third kappa shape index (κ3) is 2.48. The first kappa shape index (κ1) is 12.1. The van der Waals surface area contributed by atoms with Gasteiger partial charge in [0.2, 0.25) is 0 Å². The molecule has 1 N–H and O–H groups in total. The summed E-state index contributed by atoms with van der Waals surface area (Å²) in [4.78, 5) is 1.11. The highest BCUT2D eigenvalue weighted by Crippen LogP contribution is 2.34. The number of aliphatic hydroxyl groups excluding tert-OH is 1. The van der Waals surface area contributed by atoms with E-state index in [0.717, 1.165) is 19.8 Å². The van der Waals surface area contributed by atoms with Crippen LogP contribution in [0.15, 0.2) is 34.1 Å². The molecule has 1 atom stereocenters. The van der Waals surface area contributed by atoms with E-state index in [1.54, 1.807) is 23.5 Å². The molecule has 0 aliphatic heterocycles. The van der Waals surface area contributed by atoms with E-state index in [-0.39, 0.29) is 0 Å². The van der Waals surface area contributed by atoms with Crippen molar-refractivity contribution in [1.29, 1.82) is 0 Å². The van der Waals surface area contributed by atoms with Crippen LogP contribution >= 0.6 is 38.9 Å². The summed E-state index contributed by atoms with van der Waals surface area (Å²) in [7, 11) is 0. The van der Waals surface area contributed by atoms with Crippen LogP contribution in [0.5, 0.6) is 0 Å². The summed E-state index contributed by atoms with van der Waals surface area (Å²) in [6, 6.07) is 9.26. The van der Waals surface area contributed by atoms with Gasteiger partial charge in [-0.1, -0.05) is 23.7 Å². The van der Waals surface area contributed by atoms with Crippen LogP contribution < -0.4 is 0 Å². The molecular formula is C12H10BrClOS. The summed E-state index contributed by atoms with van der Waals surface area (Å²) < 4.78 is 1.03. The number of hydrogen-bond acceptors (Lipinski definition) is 2. The molecular weight excluding hydrogens is 308 g/mol. The van der Waals surface area contributed by atoms with Crippen molar-refractivity contribution in [3.8, 4) is 0 Å². The molecule has 1 aromatic carbocycles. The number of aliphatic hydroxyl groups is 1. The lowest BCUT2D eigenvalue weighted by molar-refractivity contribution is 0.220. The molecule has 0 fully saturated rings. The van der Waals surface area contributed by atoms with Crippen molar-refractivity contribution in [2.75, 3.05) is 0 Å². The Morgan fingerprint density at radius 3 is 2.69 bits per heavy atom. The zero-order valence-electron chi connectivity index (χ0n) is 8.58. The topological polar surface area (TPSA) is 20.2 Å². The smallest absolute Gasteiger partial charge is 0.105 e. The molecule has 1 aromatic heterocycles. The van der Waals surface area contributed by atoms with E-state index in [0.29, 0.717) is 5.02 Å². The van der Waals surface area contributed by atoms with Gasteiger partial charge in [-0.3, -0.25) is 0 Å². The summed E-state index contributed by atoms with van der Waals surface area (Å²) in [6.45, 7) is 2.00. The Labute approximate surface area is 112 Å². The van der Waals surface area contributed by atoms with Crippen LogP contribution in [0.4, 0.5) is 0 Å². The number of rotatable bonds is 2. The molecule has 1 unspecified atom stereocenters. The average Bonchev–Trinajstić information content (AvgIpc) is 2.57. The molecule has 1 heterocycles. The van der Waals surface area contributed by atoms with Crippen LogP contribution in [0.3, 0.4) is 0 Å². The number of halogens is 2. The average molecular weight is 318 g/mol. The van der Waals surface area contributed by atoms with E-state index in [1.165, 1.54) is 0 Å². The summed E-state index contributed by atoms with van der Waals surface area (Å²) in [5.74, 6) is 0. The Kier molecular flexibility index (Phi) is 3.70. The Morgan fingerprint density at radius 1 is 1.38 bits per heavy atom. The van der Waals surface area contributed by atoms with Gasteiger partial charge in [0.25, 0.3) is 0 Å². The zero-order valence-corrected chi connectivity index (χ0v) is 11.7. The predicted molar refractivity (Wildman–Crippen MR) is 72.3 cm³/mol. The molecule has 16 heavy (non-hydrogen) atoms. The first-order chi connectivity index (χ1) is 7.58. The molecule has 2 rings (SSSR count). The SMILES string of the molecule is Cc1sc(Br)cc1C(O)c1cccc(Cl)c1. The van der Waals surface area contributed by atoms with E-state index in [2.05, 4.69) is 15.9 Å². The van der Waals surface area contributed by atoms with Crippen molar-refractivity contribution in [3.05, 3.63) is 55.1 Å². The molecule has 84 valence electrons. The van der Waals surface area contributed by atoms with Crippen molar-refractivity contribution in [1.82, 2.24) is 0 Å². The van der Waals surface area contributed by atoms with Crippen LogP contribution in [0.2, 0.25) is 5.02 Å². The molecule has 0 saturated heterocycles. The minimum absolute atomic E-state index is 0.610. The molecule has 0 radical (unpaired) electrons. The molecule has 0 aliphatic rings. The minimum Gasteiger partial charge on any atom is -0.384 e. The quantitative estimate of drug-likeness (QED) is 0.861. The lowest BCUT2D eigenvalue weighted by atomic mass is 10.0. The second kappa shape index (κ2) is 4.88. The maximum absolute atomic E-state index is 10.2. The molecule has 0 spiro atoms. The summed E-state index contributed by atoms with van der Waals surface area (Å²) in [6.07, 6.45) is -0.610. The molecule has 4 heteroatoms. The molecule has 0 bridgehead atoms. The van der Waals surface area contributed by atoms with Gasteiger partial charge in [-0.25, -0.2) is 0 Å². The van der Waals surface area contributed by atoms with Gasteiger partial charge in [0.1, 0.15) is 6.10 Å². The Balaban J connectivity index is 2.38. The van der Waals surface area contributed by atoms with Crippen molar-refractivity contribution < 1.29 is 5.11 Å². The van der Waals surface area contributed by atoms with Crippen LogP contribution in [-0.2, 0) is 0 Å². The van der Waals surface area contributed by atoms with Gasteiger partial charge in [0.05, 0.1) is 3.79 Å². The van der Waals surface area contributed by atoms with Gasteiger partial charge >= 0.3 is 0 Å². The van der Waals surface area contributed by atoms with Gasteiger partial charge in [-0.15, -0.1) is 11.3 Å². The van der Waals surface area contributed by atoms with E-state index in [4.69, 9.17) is 11.6 Å². The monoisotopic (exact) mass is 316 g/mol. The fourth-order valence-electron chi connectivity index (χ4n) is 1.59. The van der Waals surface area contributed by atoms with Crippen LogP contribution in [0.25, 0.3) is 0 Å². The highest BCUT2D eigenvalue weighted by Gasteiger charge is 2.15. The first-order valence-corrected chi connectivity index (χ1v) is 6.76. The lowest BCUT2D eigenvalue weighted by Crippen LogP contribution is -1.99. The number of benzene rings is 1.